The van der Waals surface area contributed by atoms with E-state index in [9.17, 15) is 9.59 Å². The molecule has 0 atom stereocenters. The van der Waals surface area contributed by atoms with Gasteiger partial charge in [0.2, 0.25) is 0 Å². The predicted molar refractivity (Wildman–Crippen MR) is 70.4 cm³/mol. The summed E-state index contributed by atoms with van der Waals surface area (Å²) in [5.74, 6) is -0.918. The Hall–Kier alpha value is -2.28. The van der Waals surface area contributed by atoms with Crippen molar-refractivity contribution >= 4 is 29.1 Å². The van der Waals surface area contributed by atoms with Crippen LogP contribution in [0, 0.1) is 6.92 Å². The molecule has 0 aliphatic carbocycles. The van der Waals surface area contributed by atoms with Crippen LogP contribution in [0.2, 0.25) is 0 Å². The zero-order chi connectivity index (χ0) is 13.8. The van der Waals surface area contributed by atoms with Crippen LogP contribution in [0.1, 0.15) is 26.4 Å². The fraction of sp³-hybridized carbons (Fsp3) is 0.167. The van der Waals surface area contributed by atoms with Crippen molar-refractivity contribution in [3.63, 3.8) is 0 Å². The summed E-state index contributed by atoms with van der Waals surface area (Å²) in [4.78, 5) is 23.5. The first-order chi connectivity index (χ1) is 9.11. The Kier molecular flexibility index (Phi) is 3.86. The van der Waals surface area contributed by atoms with Gasteiger partial charge in [-0.05, 0) is 30.6 Å². The fourth-order valence-electron chi connectivity index (χ4n) is 1.50. The van der Waals surface area contributed by atoms with Crippen molar-refractivity contribution in [2.45, 2.75) is 6.92 Å². The van der Waals surface area contributed by atoms with E-state index >= 15 is 0 Å². The highest BCUT2D eigenvalue weighted by molar-refractivity contribution is 7.03. The maximum Gasteiger partial charge on any atom is 0.339 e. The molecule has 0 aliphatic rings. The first-order valence-corrected chi connectivity index (χ1v) is 6.23. The number of nitrogens with zero attached hydrogens (tertiary/aromatic N) is 2. The summed E-state index contributed by atoms with van der Waals surface area (Å²) < 4.78 is 8.30. The normalized spacial score (nSPS) is 10.0. The molecule has 0 saturated carbocycles. The minimum atomic E-state index is -0.504. The van der Waals surface area contributed by atoms with Gasteiger partial charge in [-0.25, -0.2) is 4.79 Å². The van der Waals surface area contributed by atoms with E-state index in [0.29, 0.717) is 11.3 Å². The van der Waals surface area contributed by atoms with Crippen molar-refractivity contribution in [1.29, 1.82) is 0 Å². The number of ether oxygens (including phenoxy) is 1. The van der Waals surface area contributed by atoms with Gasteiger partial charge >= 0.3 is 5.97 Å². The molecule has 2 aromatic rings. The third-order valence-electron chi connectivity index (χ3n) is 2.42. The van der Waals surface area contributed by atoms with E-state index in [1.54, 1.807) is 18.2 Å². The standard InChI is InChI=1S/C12H11N3O3S/c1-7-3-4-9(8(5-7)12(17)18-2)13-11(16)10-6-19-15-14-10/h3-6H,1-2H3,(H,13,16). The van der Waals surface area contributed by atoms with E-state index in [2.05, 4.69) is 19.6 Å². The number of esters is 1. The molecule has 0 unspecified atom stereocenters. The highest BCUT2D eigenvalue weighted by Crippen LogP contribution is 2.19. The quantitative estimate of drug-likeness (QED) is 0.866. The van der Waals surface area contributed by atoms with Gasteiger partial charge in [0.05, 0.1) is 18.4 Å². The van der Waals surface area contributed by atoms with Crippen molar-refractivity contribution in [2.24, 2.45) is 0 Å². The van der Waals surface area contributed by atoms with E-state index in [1.807, 2.05) is 6.92 Å². The minimum absolute atomic E-state index is 0.210. The van der Waals surface area contributed by atoms with E-state index in [1.165, 1.54) is 12.5 Å². The molecule has 1 N–H and O–H groups in total. The molecule has 0 saturated heterocycles. The average molecular weight is 277 g/mol. The van der Waals surface area contributed by atoms with Crippen LogP contribution in [0.3, 0.4) is 0 Å². The van der Waals surface area contributed by atoms with Gasteiger partial charge in [-0.15, -0.1) is 5.10 Å². The summed E-state index contributed by atoms with van der Waals surface area (Å²) >= 11 is 1.08. The number of carbonyl (C=O) groups is 2. The number of hydrogen-bond donors (Lipinski definition) is 1. The SMILES string of the molecule is COC(=O)c1cc(C)ccc1NC(=O)c1csnn1. The summed E-state index contributed by atoms with van der Waals surface area (Å²) in [5.41, 5.74) is 1.80. The summed E-state index contributed by atoms with van der Waals surface area (Å²) in [6.45, 7) is 1.85. The monoisotopic (exact) mass is 277 g/mol. The largest absolute Gasteiger partial charge is 0.465 e. The number of aryl methyl sites for hydroxylation is 1. The molecular weight excluding hydrogens is 266 g/mol. The number of rotatable bonds is 3. The third kappa shape index (κ3) is 2.94. The Bertz CT molecular complexity index is 611. The maximum atomic E-state index is 11.9. The predicted octanol–water partition coefficient (Wildman–Crippen LogP) is 1.89. The van der Waals surface area contributed by atoms with Gasteiger partial charge in [-0.1, -0.05) is 16.1 Å². The number of anilines is 1. The molecular formula is C12H11N3O3S. The molecule has 0 radical (unpaired) electrons. The average Bonchev–Trinajstić information content (AvgIpc) is 2.94. The number of carbonyl (C=O) groups excluding carboxylic acids is 2. The van der Waals surface area contributed by atoms with E-state index in [4.69, 9.17) is 0 Å². The molecule has 0 spiro atoms. The highest BCUT2D eigenvalue weighted by Gasteiger charge is 2.16. The molecule has 6 nitrogen and oxygen atoms in total. The van der Waals surface area contributed by atoms with Gasteiger partial charge in [0.25, 0.3) is 5.91 Å². The lowest BCUT2D eigenvalue weighted by molar-refractivity contribution is 0.0602. The molecule has 1 amide bonds. The van der Waals surface area contributed by atoms with Gasteiger partial charge in [0, 0.05) is 5.38 Å². The van der Waals surface area contributed by atoms with Crippen LogP contribution in [0.4, 0.5) is 5.69 Å². The van der Waals surface area contributed by atoms with E-state index in [-0.39, 0.29) is 5.69 Å². The second-order valence-corrected chi connectivity index (χ2v) is 4.39. The van der Waals surface area contributed by atoms with Crippen LogP contribution in [0.5, 0.6) is 0 Å². The Labute approximate surface area is 113 Å². The van der Waals surface area contributed by atoms with Crippen molar-refractivity contribution in [3.05, 3.63) is 40.4 Å². The van der Waals surface area contributed by atoms with Crippen molar-refractivity contribution in [2.75, 3.05) is 12.4 Å². The molecule has 0 bridgehead atoms. The van der Waals surface area contributed by atoms with Gasteiger partial charge in [0.1, 0.15) is 0 Å². The number of aromatic nitrogens is 2. The topological polar surface area (TPSA) is 81.2 Å². The van der Waals surface area contributed by atoms with Crippen molar-refractivity contribution in [1.82, 2.24) is 9.59 Å². The van der Waals surface area contributed by atoms with Gasteiger partial charge in [-0.3, -0.25) is 4.79 Å². The Morgan fingerprint density at radius 2 is 2.16 bits per heavy atom. The van der Waals surface area contributed by atoms with Crippen LogP contribution < -0.4 is 5.32 Å². The Morgan fingerprint density at radius 3 is 2.79 bits per heavy atom. The zero-order valence-electron chi connectivity index (χ0n) is 10.3. The van der Waals surface area contributed by atoms with Crippen molar-refractivity contribution in [3.8, 4) is 0 Å². The summed E-state index contributed by atoms with van der Waals surface area (Å²) in [6, 6.07) is 5.10. The summed E-state index contributed by atoms with van der Waals surface area (Å²) in [7, 11) is 1.29. The summed E-state index contributed by atoms with van der Waals surface area (Å²) in [5, 5.41) is 7.81. The maximum absolute atomic E-state index is 11.9. The lowest BCUT2D eigenvalue weighted by Gasteiger charge is -2.09. The second-order valence-electron chi connectivity index (χ2n) is 3.78. The molecule has 1 heterocycles. The Morgan fingerprint density at radius 1 is 1.37 bits per heavy atom. The fourth-order valence-corrected chi connectivity index (χ4v) is 1.93. The van der Waals surface area contributed by atoms with Gasteiger partial charge in [0.15, 0.2) is 5.69 Å². The Balaban J connectivity index is 2.29. The molecule has 1 aromatic carbocycles. The first-order valence-electron chi connectivity index (χ1n) is 5.39. The number of amides is 1. The smallest absolute Gasteiger partial charge is 0.339 e. The second kappa shape index (κ2) is 5.57. The molecule has 2 rings (SSSR count). The minimum Gasteiger partial charge on any atom is -0.465 e. The first kappa shape index (κ1) is 13.2. The third-order valence-corrected chi connectivity index (χ3v) is 2.93. The molecule has 7 heteroatoms. The lowest BCUT2D eigenvalue weighted by Crippen LogP contribution is -2.16. The number of benzene rings is 1. The number of nitrogens with one attached hydrogen (secondary N) is 1. The molecule has 0 aliphatic heterocycles. The van der Waals surface area contributed by atoms with Crippen LogP contribution in [0.25, 0.3) is 0 Å². The van der Waals surface area contributed by atoms with Gasteiger partial charge in [-0.2, -0.15) is 0 Å². The molecule has 1 aromatic heterocycles. The number of hydrogen-bond acceptors (Lipinski definition) is 6. The molecule has 98 valence electrons. The van der Waals surface area contributed by atoms with Crippen LogP contribution in [-0.4, -0.2) is 28.6 Å². The van der Waals surface area contributed by atoms with Crippen LogP contribution in [0.15, 0.2) is 23.6 Å². The highest BCUT2D eigenvalue weighted by atomic mass is 32.1. The number of methoxy groups -OCH3 is 1. The summed E-state index contributed by atoms with van der Waals surface area (Å²) in [6.07, 6.45) is 0. The molecule has 19 heavy (non-hydrogen) atoms. The van der Waals surface area contributed by atoms with E-state index < -0.39 is 11.9 Å². The zero-order valence-corrected chi connectivity index (χ0v) is 11.2. The van der Waals surface area contributed by atoms with Gasteiger partial charge < -0.3 is 10.1 Å². The van der Waals surface area contributed by atoms with Crippen LogP contribution >= 0.6 is 11.5 Å². The lowest BCUT2D eigenvalue weighted by atomic mass is 10.1. The van der Waals surface area contributed by atoms with E-state index in [0.717, 1.165) is 17.1 Å². The van der Waals surface area contributed by atoms with Crippen molar-refractivity contribution < 1.29 is 14.3 Å². The van der Waals surface area contributed by atoms with Crippen LogP contribution in [-0.2, 0) is 4.74 Å². The molecule has 0 fully saturated rings.